The molecule has 17 heavy (non-hydrogen) atoms. The van der Waals surface area contributed by atoms with E-state index in [4.69, 9.17) is 15.2 Å². The van der Waals surface area contributed by atoms with E-state index in [0.29, 0.717) is 19.8 Å². The predicted molar refractivity (Wildman–Crippen MR) is 63.4 cm³/mol. The van der Waals surface area contributed by atoms with Crippen molar-refractivity contribution in [1.82, 2.24) is 9.97 Å². The highest BCUT2D eigenvalue weighted by molar-refractivity contribution is 5.10. The van der Waals surface area contributed by atoms with Gasteiger partial charge in [0, 0.05) is 45.1 Å². The van der Waals surface area contributed by atoms with Gasteiger partial charge in [-0.25, -0.2) is 0 Å². The van der Waals surface area contributed by atoms with Gasteiger partial charge >= 0.3 is 0 Å². The van der Waals surface area contributed by atoms with Crippen LogP contribution in [-0.2, 0) is 9.47 Å². The van der Waals surface area contributed by atoms with Crippen molar-refractivity contribution in [2.75, 3.05) is 19.8 Å². The first-order valence-corrected chi connectivity index (χ1v) is 6.02. The lowest BCUT2D eigenvalue weighted by Crippen LogP contribution is -2.48. The molecule has 1 unspecified atom stereocenters. The minimum absolute atomic E-state index is 0.250. The minimum atomic E-state index is -0.358. The average molecular weight is 237 g/mol. The summed E-state index contributed by atoms with van der Waals surface area (Å²) < 4.78 is 11.3. The molecule has 1 aromatic rings. The third-order valence-electron chi connectivity index (χ3n) is 3.24. The Kier molecular flexibility index (Phi) is 4.04. The van der Waals surface area contributed by atoms with Crippen LogP contribution >= 0.6 is 0 Å². The molecule has 0 saturated carbocycles. The molecule has 0 radical (unpaired) electrons. The minimum Gasteiger partial charge on any atom is -0.381 e. The Bertz CT molecular complexity index is 333. The van der Waals surface area contributed by atoms with Gasteiger partial charge in [-0.05, 0) is 6.92 Å². The van der Waals surface area contributed by atoms with Gasteiger partial charge in [0.15, 0.2) is 0 Å². The molecule has 0 spiro atoms. The zero-order valence-corrected chi connectivity index (χ0v) is 10.1. The van der Waals surface area contributed by atoms with E-state index in [1.807, 2.05) is 6.92 Å². The van der Waals surface area contributed by atoms with Gasteiger partial charge in [-0.3, -0.25) is 9.97 Å². The highest BCUT2D eigenvalue weighted by atomic mass is 16.5. The van der Waals surface area contributed by atoms with E-state index < -0.39 is 0 Å². The van der Waals surface area contributed by atoms with E-state index in [1.165, 1.54) is 0 Å². The molecule has 0 aromatic carbocycles. The van der Waals surface area contributed by atoms with Gasteiger partial charge in [-0.1, -0.05) is 0 Å². The van der Waals surface area contributed by atoms with Crippen molar-refractivity contribution in [2.45, 2.75) is 31.4 Å². The second-order valence-corrected chi connectivity index (χ2v) is 4.22. The lowest BCUT2D eigenvalue weighted by molar-refractivity contribution is -0.122. The van der Waals surface area contributed by atoms with Gasteiger partial charge in [0.2, 0.25) is 0 Å². The number of ether oxygens (including phenoxy) is 2. The summed E-state index contributed by atoms with van der Waals surface area (Å²) in [5.41, 5.74) is 6.73. The quantitative estimate of drug-likeness (QED) is 0.848. The van der Waals surface area contributed by atoms with Gasteiger partial charge in [0.05, 0.1) is 23.5 Å². The molecule has 1 aliphatic rings. The molecule has 5 heteroatoms. The fourth-order valence-corrected chi connectivity index (χ4v) is 2.29. The summed E-state index contributed by atoms with van der Waals surface area (Å²) in [7, 11) is 0. The molecule has 94 valence electrons. The number of aromatic nitrogens is 2. The zero-order chi connectivity index (χ0) is 12.1. The Labute approximate surface area is 101 Å². The number of rotatable bonds is 4. The molecule has 2 heterocycles. The standard InChI is InChI=1S/C12H19N3O2/c1-2-17-12(3-7-16-8-4-12)11(13)10-9-14-5-6-15-10/h5-6,9,11H,2-4,7-8,13H2,1H3. The summed E-state index contributed by atoms with van der Waals surface area (Å²) in [6.07, 6.45) is 6.62. The van der Waals surface area contributed by atoms with E-state index in [0.717, 1.165) is 18.5 Å². The van der Waals surface area contributed by atoms with Crippen LogP contribution < -0.4 is 5.73 Å². The van der Waals surface area contributed by atoms with Gasteiger partial charge in [0.25, 0.3) is 0 Å². The Balaban J connectivity index is 2.20. The monoisotopic (exact) mass is 237 g/mol. The van der Waals surface area contributed by atoms with Crippen LogP contribution in [0.25, 0.3) is 0 Å². The molecular weight excluding hydrogens is 218 g/mol. The Morgan fingerprint density at radius 2 is 2.24 bits per heavy atom. The third kappa shape index (κ3) is 2.62. The molecule has 2 rings (SSSR count). The molecule has 0 bridgehead atoms. The Morgan fingerprint density at radius 3 is 2.82 bits per heavy atom. The fourth-order valence-electron chi connectivity index (χ4n) is 2.29. The van der Waals surface area contributed by atoms with Crippen molar-refractivity contribution < 1.29 is 9.47 Å². The second-order valence-electron chi connectivity index (χ2n) is 4.22. The van der Waals surface area contributed by atoms with Crippen molar-refractivity contribution in [2.24, 2.45) is 5.73 Å². The highest BCUT2D eigenvalue weighted by Gasteiger charge is 2.40. The third-order valence-corrected chi connectivity index (χ3v) is 3.24. The molecule has 1 fully saturated rings. The summed E-state index contributed by atoms with van der Waals surface area (Å²) >= 11 is 0. The summed E-state index contributed by atoms with van der Waals surface area (Å²) in [4.78, 5) is 8.34. The van der Waals surface area contributed by atoms with E-state index in [9.17, 15) is 0 Å². The normalized spacial score (nSPS) is 21.1. The number of nitrogens with two attached hydrogens (primary N) is 1. The molecule has 1 atom stereocenters. The van der Waals surface area contributed by atoms with Crippen molar-refractivity contribution in [3.63, 3.8) is 0 Å². The summed E-state index contributed by atoms with van der Waals surface area (Å²) in [6.45, 7) is 4.01. The largest absolute Gasteiger partial charge is 0.381 e. The predicted octanol–water partition coefficient (Wildman–Crippen LogP) is 1.06. The molecular formula is C12H19N3O2. The van der Waals surface area contributed by atoms with E-state index >= 15 is 0 Å². The number of nitrogens with zero attached hydrogens (tertiary/aromatic N) is 2. The molecule has 0 aliphatic carbocycles. The summed E-state index contributed by atoms with van der Waals surface area (Å²) in [5.74, 6) is 0. The number of hydrogen-bond donors (Lipinski definition) is 1. The SMILES string of the molecule is CCOC1(C(N)c2cnccn2)CCOCC1. The topological polar surface area (TPSA) is 70.3 Å². The van der Waals surface area contributed by atoms with Gasteiger partial charge in [-0.15, -0.1) is 0 Å². The summed E-state index contributed by atoms with van der Waals surface area (Å²) in [5, 5.41) is 0. The first kappa shape index (κ1) is 12.4. The molecule has 1 saturated heterocycles. The van der Waals surface area contributed by atoms with Crippen LogP contribution in [-0.4, -0.2) is 35.4 Å². The van der Waals surface area contributed by atoms with E-state index in [2.05, 4.69) is 9.97 Å². The maximum Gasteiger partial charge on any atom is 0.0933 e. The molecule has 2 N–H and O–H groups in total. The fraction of sp³-hybridized carbons (Fsp3) is 0.667. The molecule has 0 amide bonds. The lowest BCUT2D eigenvalue weighted by Gasteiger charge is -2.40. The van der Waals surface area contributed by atoms with Crippen LogP contribution in [0.15, 0.2) is 18.6 Å². The first-order valence-electron chi connectivity index (χ1n) is 6.02. The maximum atomic E-state index is 6.31. The Hall–Kier alpha value is -1.04. The van der Waals surface area contributed by atoms with Crippen LogP contribution in [0.2, 0.25) is 0 Å². The van der Waals surface area contributed by atoms with E-state index in [-0.39, 0.29) is 11.6 Å². The van der Waals surface area contributed by atoms with Gasteiger partial charge in [0.1, 0.15) is 0 Å². The molecule has 1 aliphatic heterocycles. The van der Waals surface area contributed by atoms with Gasteiger partial charge in [-0.2, -0.15) is 0 Å². The average Bonchev–Trinajstić information content (AvgIpc) is 2.40. The van der Waals surface area contributed by atoms with Crippen molar-refractivity contribution >= 4 is 0 Å². The van der Waals surface area contributed by atoms with E-state index in [1.54, 1.807) is 18.6 Å². The smallest absolute Gasteiger partial charge is 0.0933 e. The van der Waals surface area contributed by atoms with Crippen LogP contribution in [0, 0.1) is 0 Å². The van der Waals surface area contributed by atoms with Crippen molar-refractivity contribution in [3.05, 3.63) is 24.3 Å². The zero-order valence-electron chi connectivity index (χ0n) is 10.1. The van der Waals surface area contributed by atoms with Crippen LogP contribution in [0.4, 0.5) is 0 Å². The van der Waals surface area contributed by atoms with Crippen LogP contribution in [0.3, 0.4) is 0 Å². The highest BCUT2D eigenvalue weighted by Crippen LogP contribution is 2.35. The van der Waals surface area contributed by atoms with Crippen molar-refractivity contribution in [3.8, 4) is 0 Å². The Morgan fingerprint density at radius 1 is 1.47 bits per heavy atom. The van der Waals surface area contributed by atoms with Crippen LogP contribution in [0.5, 0.6) is 0 Å². The van der Waals surface area contributed by atoms with Crippen molar-refractivity contribution in [1.29, 1.82) is 0 Å². The van der Waals surface area contributed by atoms with Gasteiger partial charge < -0.3 is 15.2 Å². The van der Waals surface area contributed by atoms with Crippen LogP contribution in [0.1, 0.15) is 31.5 Å². The summed E-state index contributed by atoms with van der Waals surface area (Å²) in [6, 6.07) is -0.250. The maximum absolute atomic E-state index is 6.31. The molecule has 5 nitrogen and oxygen atoms in total. The number of hydrogen-bond acceptors (Lipinski definition) is 5. The second kappa shape index (κ2) is 5.53. The first-order chi connectivity index (χ1) is 8.28. The lowest BCUT2D eigenvalue weighted by atomic mass is 9.85. The molecule has 1 aromatic heterocycles.